The second-order valence-electron chi connectivity index (χ2n) is 3.23. The number of rotatable bonds is 2. The lowest BCUT2D eigenvalue weighted by Crippen LogP contribution is -2.03. The maximum absolute atomic E-state index is 6.17. The number of aromatic nitrogens is 1. The first kappa shape index (κ1) is 9.37. The largest absolute Gasteiger partial charge is 0.397 e. The molecular weight excluding hydrogens is 198 g/mol. The summed E-state index contributed by atoms with van der Waals surface area (Å²) in [5.74, 6) is 0. The zero-order valence-electron chi connectivity index (χ0n) is 7.68. The predicted octanol–water partition coefficient (Wildman–Crippen LogP) is 1.90. The SMILES string of the molecule is NCCc1[nH]c2c(N)cccc2c1Cl. The van der Waals surface area contributed by atoms with E-state index >= 15 is 0 Å². The molecule has 2 rings (SSSR count). The van der Waals surface area contributed by atoms with Crippen LogP contribution in [0.15, 0.2) is 18.2 Å². The monoisotopic (exact) mass is 209 g/mol. The Kier molecular flexibility index (Phi) is 2.35. The molecule has 4 heteroatoms. The van der Waals surface area contributed by atoms with E-state index in [0.29, 0.717) is 12.2 Å². The highest BCUT2D eigenvalue weighted by Crippen LogP contribution is 2.30. The second kappa shape index (κ2) is 3.52. The van der Waals surface area contributed by atoms with Crippen LogP contribution in [0.4, 0.5) is 5.69 Å². The molecule has 2 aromatic rings. The fourth-order valence-corrected chi connectivity index (χ4v) is 1.88. The van der Waals surface area contributed by atoms with Gasteiger partial charge in [0.1, 0.15) is 0 Å². The van der Waals surface area contributed by atoms with Crippen LogP contribution >= 0.6 is 11.6 Å². The first-order valence-electron chi connectivity index (χ1n) is 4.48. The predicted molar refractivity (Wildman–Crippen MR) is 60.5 cm³/mol. The number of nitrogens with one attached hydrogen (secondary N) is 1. The molecule has 0 radical (unpaired) electrons. The third-order valence-corrected chi connectivity index (χ3v) is 2.70. The minimum Gasteiger partial charge on any atom is -0.397 e. The van der Waals surface area contributed by atoms with Gasteiger partial charge in [-0.1, -0.05) is 23.7 Å². The van der Waals surface area contributed by atoms with Crippen molar-refractivity contribution < 1.29 is 0 Å². The Morgan fingerprint density at radius 2 is 2.14 bits per heavy atom. The highest BCUT2D eigenvalue weighted by Gasteiger charge is 2.09. The van der Waals surface area contributed by atoms with Gasteiger partial charge in [-0.2, -0.15) is 0 Å². The van der Waals surface area contributed by atoms with Crippen LogP contribution in [0.2, 0.25) is 5.02 Å². The molecule has 1 aromatic heterocycles. The number of aromatic amines is 1. The number of nitrogen functional groups attached to an aromatic ring is 1. The van der Waals surface area contributed by atoms with Gasteiger partial charge in [-0.3, -0.25) is 0 Å². The first-order valence-corrected chi connectivity index (χ1v) is 4.86. The quantitative estimate of drug-likeness (QED) is 0.662. The summed E-state index contributed by atoms with van der Waals surface area (Å²) in [4.78, 5) is 3.20. The topological polar surface area (TPSA) is 67.8 Å². The maximum Gasteiger partial charge on any atom is 0.0705 e. The van der Waals surface area contributed by atoms with Gasteiger partial charge in [0, 0.05) is 17.5 Å². The van der Waals surface area contributed by atoms with Gasteiger partial charge in [-0.15, -0.1) is 0 Å². The number of halogens is 1. The van der Waals surface area contributed by atoms with Gasteiger partial charge < -0.3 is 16.5 Å². The van der Waals surface area contributed by atoms with Crippen LogP contribution in [-0.2, 0) is 6.42 Å². The molecule has 0 spiro atoms. The van der Waals surface area contributed by atoms with Crippen LogP contribution in [-0.4, -0.2) is 11.5 Å². The first-order chi connectivity index (χ1) is 6.74. The van der Waals surface area contributed by atoms with Crippen molar-refractivity contribution in [1.82, 2.24) is 4.98 Å². The molecule has 0 saturated heterocycles. The van der Waals surface area contributed by atoms with Crippen LogP contribution in [0.1, 0.15) is 5.69 Å². The van der Waals surface area contributed by atoms with Crippen LogP contribution < -0.4 is 11.5 Å². The number of nitrogens with two attached hydrogens (primary N) is 2. The molecule has 0 aliphatic rings. The molecule has 0 unspecified atom stereocenters. The van der Waals surface area contributed by atoms with Gasteiger partial charge >= 0.3 is 0 Å². The fraction of sp³-hybridized carbons (Fsp3) is 0.200. The molecule has 0 atom stereocenters. The minimum atomic E-state index is 0.576. The minimum absolute atomic E-state index is 0.576. The van der Waals surface area contributed by atoms with Crippen LogP contribution in [0.25, 0.3) is 10.9 Å². The Morgan fingerprint density at radius 3 is 2.79 bits per heavy atom. The van der Waals surface area contributed by atoms with Gasteiger partial charge in [0.15, 0.2) is 0 Å². The summed E-state index contributed by atoms with van der Waals surface area (Å²) in [5, 5.41) is 1.70. The molecule has 0 aliphatic heterocycles. The van der Waals surface area contributed by atoms with Crippen molar-refractivity contribution in [1.29, 1.82) is 0 Å². The molecule has 5 N–H and O–H groups in total. The van der Waals surface area contributed by atoms with E-state index in [4.69, 9.17) is 23.1 Å². The van der Waals surface area contributed by atoms with Crippen molar-refractivity contribution in [2.45, 2.75) is 6.42 Å². The van der Waals surface area contributed by atoms with Crippen LogP contribution in [0.3, 0.4) is 0 Å². The number of H-pyrrole nitrogens is 1. The molecule has 0 aliphatic carbocycles. The van der Waals surface area contributed by atoms with E-state index in [9.17, 15) is 0 Å². The number of fused-ring (bicyclic) bond motifs is 1. The third kappa shape index (κ3) is 1.35. The van der Waals surface area contributed by atoms with Crippen molar-refractivity contribution in [3.05, 3.63) is 28.9 Å². The smallest absolute Gasteiger partial charge is 0.0705 e. The number of hydrogen-bond acceptors (Lipinski definition) is 2. The lowest BCUT2D eigenvalue weighted by Gasteiger charge is -1.93. The average molecular weight is 210 g/mol. The van der Waals surface area contributed by atoms with E-state index in [1.807, 2.05) is 18.2 Å². The Labute approximate surface area is 87.0 Å². The molecule has 1 aromatic carbocycles. The van der Waals surface area contributed by atoms with E-state index < -0.39 is 0 Å². The number of hydrogen-bond donors (Lipinski definition) is 3. The summed E-state index contributed by atoms with van der Waals surface area (Å²) in [6, 6.07) is 5.69. The zero-order chi connectivity index (χ0) is 10.1. The zero-order valence-corrected chi connectivity index (χ0v) is 8.43. The molecule has 14 heavy (non-hydrogen) atoms. The van der Waals surface area contributed by atoms with Gasteiger partial charge in [0.25, 0.3) is 0 Å². The molecule has 3 nitrogen and oxygen atoms in total. The Bertz CT molecular complexity index is 462. The Morgan fingerprint density at radius 1 is 1.36 bits per heavy atom. The molecular formula is C10H12ClN3. The van der Waals surface area contributed by atoms with Gasteiger partial charge in [-0.05, 0) is 12.6 Å². The molecule has 1 heterocycles. The van der Waals surface area contributed by atoms with E-state index in [-0.39, 0.29) is 0 Å². The lowest BCUT2D eigenvalue weighted by molar-refractivity contribution is 0.940. The lowest BCUT2D eigenvalue weighted by atomic mass is 10.2. The van der Waals surface area contributed by atoms with Crippen LogP contribution in [0.5, 0.6) is 0 Å². The highest BCUT2D eigenvalue weighted by molar-refractivity contribution is 6.36. The van der Waals surface area contributed by atoms with E-state index in [2.05, 4.69) is 4.98 Å². The molecule has 74 valence electrons. The van der Waals surface area contributed by atoms with Crippen molar-refractivity contribution >= 4 is 28.2 Å². The summed E-state index contributed by atoms with van der Waals surface area (Å²) >= 11 is 6.17. The van der Waals surface area contributed by atoms with Crippen molar-refractivity contribution in [2.24, 2.45) is 5.73 Å². The Balaban J connectivity index is 2.67. The maximum atomic E-state index is 6.17. The van der Waals surface area contributed by atoms with Crippen LogP contribution in [0, 0.1) is 0 Å². The summed E-state index contributed by atoms with van der Waals surface area (Å²) in [7, 11) is 0. The number of para-hydroxylation sites is 1. The Hall–Kier alpha value is -1.19. The average Bonchev–Trinajstić information content (AvgIpc) is 2.48. The fourth-order valence-electron chi connectivity index (χ4n) is 1.58. The van der Waals surface area contributed by atoms with E-state index in [1.165, 1.54) is 0 Å². The third-order valence-electron chi connectivity index (χ3n) is 2.27. The number of anilines is 1. The molecule has 0 bridgehead atoms. The van der Waals surface area contributed by atoms with Crippen molar-refractivity contribution in [3.8, 4) is 0 Å². The number of benzene rings is 1. The van der Waals surface area contributed by atoms with Gasteiger partial charge in [-0.25, -0.2) is 0 Å². The van der Waals surface area contributed by atoms with E-state index in [0.717, 1.165) is 28.0 Å². The summed E-state index contributed by atoms with van der Waals surface area (Å²) in [5.41, 5.74) is 13.9. The standard InChI is InChI=1S/C10H12ClN3/c11-9-6-2-1-3-7(13)10(6)14-8(9)4-5-12/h1-3,14H,4-5,12-13H2. The van der Waals surface area contributed by atoms with Gasteiger partial charge in [0.05, 0.1) is 16.2 Å². The molecule has 0 saturated carbocycles. The highest BCUT2D eigenvalue weighted by atomic mass is 35.5. The van der Waals surface area contributed by atoms with E-state index in [1.54, 1.807) is 0 Å². The van der Waals surface area contributed by atoms with Gasteiger partial charge in [0.2, 0.25) is 0 Å². The summed E-state index contributed by atoms with van der Waals surface area (Å²) in [6.45, 7) is 0.576. The van der Waals surface area contributed by atoms with Crippen molar-refractivity contribution in [3.63, 3.8) is 0 Å². The normalized spacial score (nSPS) is 11.0. The van der Waals surface area contributed by atoms with Crippen molar-refractivity contribution in [2.75, 3.05) is 12.3 Å². The second-order valence-corrected chi connectivity index (χ2v) is 3.60. The summed E-state index contributed by atoms with van der Waals surface area (Å²) in [6.07, 6.45) is 0.743. The molecule has 0 fully saturated rings. The summed E-state index contributed by atoms with van der Waals surface area (Å²) < 4.78 is 0. The molecule has 0 amide bonds.